The number of nitrogen functional groups attached to an aromatic ring is 1. The summed E-state index contributed by atoms with van der Waals surface area (Å²) < 4.78 is 0. The summed E-state index contributed by atoms with van der Waals surface area (Å²) in [5, 5.41) is 0. The third-order valence-electron chi connectivity index (χ3n) is 2.91. The molecule has 0 atom stereocenters. The van der Waals surface area contributed by atoms with Gasteiger partial charge in [-0.15, -0.1) is 6.58 Å². The number of benzene rings is 1. The van der Waals surface area contributed by atoms with Crippen molar-refractivity contribution in [2.45, 2.75) is 12.8 Å². The van der Waals surface area contributed by atoms with E-state index in [0.717, 1.165) is 24.9 Å². The summed E-state index contributed by atoms with van der Waals surface area (Å²) in [5.41, 5.74) is 8.22. The molecule has 1 aromatic rings. The smallest absolute Gasteiger partial charge is 0.256 e. The van der Waals surface area contributed by atoms with Crippen LogP contribution in [0.1, 0.15) is 22.3 Å². The minimum atomic E-state index is 0.0329. The lowest BCUT2D eigenvalue weighted by Gasteiger charge is -2.19. The maximum absolute atomic E-state index is 12.2. The Morgan fingerprint density at radius 3 is 3.06 bits per heavy atom. The number of rotatable bonds is 2. The molecule has 0 saturated heterocycles. The maximum atomic E-state index is 12.2. The molecule has 1 aromatic carbocycles. The van der Waals surface area contributed by atoms with Crippen molar-refractivity contribution >= 4 is 11.6 Å². The maximum Gasteiger partial charge on any atom is 0.256 e. The summed E-state index contributed by atoms with van der Waals surface area (Å²) in [6.45, 7) is 5.04. The van der Waals surface area contributed by atoms with Gasteiger partial charge >= 0.3 is 0 Å². The number of amides is 1. The number of anilines is 1. The lowest BCUT2D eigenvalue weighted by Crippen LogP contribution is -2.31. The molecule has 0 unspecified atom stereocenters. The van der Waals surface area contributed by atoms with Gasteiger partial charge in [-0.25, -0.2) is 0 Å². The van der Waals surface area contributed by atoms with Crippen LogP contribution in [0.2, 0.25) is 0 Å². The van der Waals surface area contributed by atoms with Crippen molar-refractivity contribution in [1.82, 2.24) is 4.90 Å². The zero-order chi connectivity index (χ0) is 11.5. The number of hydrogen-bond donors (Lipinski definition) is 1. The molecule has 3 nitrogen and oxygen atoms in total. The number of hydrogen-bond acceptors (Lipinski definition) is 2. The highest BCUT2D eigenvalue weighted by molar-refractivity contribution is 6.01. The molecular weight excluding hydrogens is 200 g/mol. The Morgan fingerprint density at radius 1 is 1.50 bits per heavy atom. The van der Waals surface area contributed by atoms with Gasteiger partial charge in [-0.3, -0.25) is 4.79 Å². The Bertz CT molecular complexity index is 426. The highest BCUT2D eigenvalue weighted by Gasteiger charge is 2.23. The molecule has 2 N–H and O–H groups in total. The minimum Gasteiger partial charge on any atom is -0.398 e. The average molecular weight is 216 g/mol. The number of nitrogens with two attached hydrogens (primary N) is 1. The van der Waals surface area contributed by atoms with Gasteiger partial charge in [0.25, 0.3) is 5.91 Å². The summed E-state index contributed by atoms with van der Waals surface area (Å²) >= 11 is 0. The zero-order valence-electron chi connectivity index (χ0n) is 9.28. The van der Waals surface area contributed by atoms with Crippen LogP contribution in [-0.2, 0) is 6.42 Å². The van der Waals surface area contributed by atoms with Crippen molar-refractivity contribution in [3.63, 3.8) is 0 Å². The first-order valence-electron chi connectivity index (χ1n) is 5.51. The van der Waals surface area contributed by atoms with Gasteiger partial charge < -0.3 is 10.6 Å². The van der Waals surface area contributed by atoms with Crippen molar-refractivity contribution < 1.29 is 4.79 Å². The largest absolute Gasteiger partial charge is 0.398 e. The van der Waals surface area contributed by atoms with Gasteiger partial charge in [0, 0.05) is 18.8 Å². The molecule has 3 heteroatoms. The molecule has 2 rings (SSSR count). The highest BCUT2D eigenvalue weighted by atomic mass is 16.2. The first-order chi connectivity index (χ1) is 7.74. The number of carbonyl (C=O) groups excluding carboxylic acids is 1. The van der Waals surface area contributed by atoms with Crippen LogP contribution in [0.4, 0.5) is 5.69 Å². The molecule has 1 aliphatic rings. The van der Waals surface area contributed by atoms with Crippen molar-refractivity contribution in [1.29, 1.82) is 0 Å². The van der Waals surface area contributed by atoms with E-state index < -0.39 is 0 Å². The van der Waals surface area contributed by atoms with Gasteiger partial charge in [0.05, 0.1) is 5.56 Å². The fourth-order valence-electron chi connectivity index (χ4n) is 2.14. The Labute approximate surface area is 95.6 Å². The van der Waals surface area contributed by atoms with E-state index in [9.17, 15) is 4.79 Å². The molecule has 16 heavy (non-hydrogen) atoms. The number of nitrogens with zero attached hydrogens (tertiary/aromatic N) is 1. The van der Waals surface area contributed by atoms with Crippen LogP contribution in [0.5, 0.6) is 0 Å². The van der Waals surface area contributed by atoms with Crippen molar-refractivity contribution in [3.8, 4) is 0 Å². The van der Waals surface area contributed by atoms with E-state index in [0.29, 0.717) is 17.8 Å². The molecular formula is C13H16N2O. The topological polar surface area (TPSA) is 46.3 Å². The van der Waals surface area contributed by atoms with Crippen LogP contribution < -0.4 is 5.73 Å². The average Bonchev–Trinajstić information content (AvgIpc) is 2.41. The van der Waals surface area contributed by atoms with Gasteiger partial charge in [-0.1, -0.05) is 18.2 Å². The molecule has 0 bridgehead atoms. The zero-order valence-corrected chi connectivity index (χ0v) is 9.28. The third-order valence-corrected chi connectivity index (χ3v) is 2.91. The Kier molecular flexibility index (Phi) is 2.95. The van der Waals surface area contributed by atoms with Gasteiger partial charge in [0.15, 0.2) is 0 Å². The summed E-state index contributed by atoms with van der Waals surface area (Å²) in [4.78, 5) is 14.0. The van der Waals surface area contributed by atoms with Crippen LogP contribution >= 0.6 is 0 Å². The fourth-order valence-corrected chi connectivity index (χ4v) is 2.14. The second-order valence-electron chi connectivity index (χ2n) is 4.02. The summed E-state index contributed by atoms with van der Waals surface area (Å²) in [6.07, 6.45) is 3.65. The number of aryl methyl sites for hydroxylation is 1. The Hall–Kier alpha value is -1.77. The quantitative estimate of drug-likeness (QED) is 0.605. The van der Waals surface area contributed by atoms with E-state index in [1.165, 1.54) is 0 Å². The Balaban J connectivity index is 2.43. The Morgan fingerprint density at radius 2 is 2.31 bits per heavy atom. The molecule has 0 aliphatic carbocycles. The third kappa shape index (κ3) is 1.81. The molecule has 0 saturated carbocycles. The van der Waals surface area contributed by atoms with E-state index >= 15 is 0 Å². The van der Waals surface area contributed by atoms with Crippen molar-refractivity contribution in [2.75, 3.05) is 18.8 Å². The van der Waals surface area contributed by atoms with Crippen LogP contribution in [0.25, 0.3) is 0 Å². The summed E-state index contributed by atoms with van der Waals surface area (Å²) in [6, 6.07) is 5.68. The second kappa shape index (κ2) is 4.39. The fraction of sp³-hybridized carbons (Fsp3) is 0.308. The van der Waals surface area contributed by atoms with Crippen molar-refractivity contribution in [3.05, 3.63) is 42.0 Å². The monoisotopic (exact) mass is 216 g/mol. The summed E-state index contributed by atoms with van der Waals surface area (Å²) in [5.74, 6) is 0.0329. The van der Waals surface area contributed by atoms with Crippen LogP contribution in [0, 0.1) is 0 Å². The molecule has 0 fully saturated rings. The van der Waals surface area contributed by atoms with Gasteiger partial charge in [0.2, 0.25) is 0 Å². The molecule has 0 aromatic heterocycles. The molecule has 0 spiro atoms. The predicted octanol–water partition coefficient (Wildman–Crippen LogP) is 1.84. The van der Waals surface area contributed by atoms with Gasteiger partial charge in [-0.05, 0) is 24.5 Å². The normalized spacial score (nSPS) is 15.5. The number of carbonyl (C=O) groups is 1. The molecule has 84 valence electrons. The van der Waals surface area contributed by atoms with Gasteiger partial charge in [-0.2, -0.15) is 0 Å². The van der Waals surface area contributed by atoms with Crippen LogP contribution in [-0.4, -0.2) is 23.9 Å². The molecule has 0 radical (unpaired) electrons. The molecule has 1 aliphatic heterocycles. The first-order valence-corrected chi connectivity index (χ1v) is 5.51. The minimum absolute atomic E-state index is 0.0329. The SMILES string of the molecule is C=CCN1CCCc2cccc(N)c2C1=O. The predicted molar refractivity (Wildman–Crippen MR) is 65.3 cm³/mol. The summed E-state index contributed by atoms with van der Waals surface area (Å²) in [7, 11) is 0. The lowest BCUT2D eigenvalue weighted by molar-refractivity contribution is 0.0780. The van der Waals surface area contributed by atoms with Crippen molar-refractivity contribution in [2.24, 2.45) is 0 Å². The van der Waals surface area contributed by atoms with E-state index in [2.05, 4.69) is 6.58 Å². The van der Waals surface area contributed by atoms with Crippen LogP contribution in [0.3, 0.4) is 0 Å². The van der Waals surface area contributed by atoms with E-state index in [-0.39, 0.29) is 5.91 Å². The standard InChI is InChI=1S/C13H16N2O/c1-2-8-15-9-4-6-10-5-3-7-11(14)12(10)13(15)16/h2-3,5,7H,1,4,6,8-9,14H2. The number of fused-ring (bicyclic) bond motifs is 1. The van der Waals surface area contributed by atoms with E-state index in [4.69, 9.17) is 5.73 Å². The molecule has 1 amide bonds. The second-order valence-corrected chi connectivity index (χ2v) is 4.02. The van der Waals surface area contributed by atoms with E-state index in [1.807, 2.05) is 12.1 Å². The molecule has 1 heterocycles. The van der Waals surface area contributed by atoms with E-state index in [1.54, 1.807) is 17.0 Å². The lowest BCUT2D eigenvalue weighted by atomic mass is 10.0. The van der Waals surface area contributed by atoms with Crippen LogP contribution in [0.15, 0.2) is 30.9 Å². The highest BCUT2D eigenvalue weighted by Crippen LogP contribution is 2.23. The first kappa shape index (κ1) is 10.7. The van der Waals surface area contributed by atoms with Gasteiger partial charge in [0.1, 0.15) is 0 Å².